The molecule has 0 aliphatic rings. The van der Waals surface area contributed by atoms with Crippen LogP contribution >= 0.6 is 0 Å². The summed E-state index contributed by atoms with van der Waals surface area (Å²) in [7, 11) is 0. The van der Waals surface area contributed by atoms with Gasteiger partial charge in [-0.2, -0.15) is 0 Å². The van der Waals surface area contributed by atoms with Crippen LogP contribution in [0.4, 0.5) is 0 Å². The first-order valence-corrected chi connectivity index (χ1v) is 5.16. The monoisotopic (exact) mass is 214 g/mol. The van der Waals surface area contributed by atoms with E-state index in [1.165, 1.54) is 5.57 Å². The highest BCUT2D eigenvalue weighted by atomic mass is 16.4. The molecule has 0 saturated carbocycles. The van der Waals surface area contributed by atoms with E-state index in [1.54, 1.807) is 0 Å². The van der Waals surface area contributed by atoms with Gasteiger partial charge in [-0.15, -0.1) is 0 Å². The van der Waals surface area contributed by atoms with Crippen molar-refractivity contribution in [1.29, 1.82) is 0 Å². The Kier molecular flexibility index (Phi) is 11.9. The van der Waals surface area contributed by atoms with Gasteiger partial charge in [0, 0.05) is 13.3 Å². The van der Waals surface area contributed by atoms with Crippen molar-refractivity contribution in [2.75, 3.05) is 0 Å². The minimum Gasteiger partial charge on any atom is -0.481 e. The first-order valence-electron chi connectivity index (χ1n) is 5.16. The van der Waals surface area contributed by atoms with Crippen molar-refractivity contribution in [3.05, 3.63) is 11.6 Å². The van der Waals surface area contributed by atoms with E-state index in [0.717, 1.165) is 26.1 Å². The number of carboxylic acids is 1. The molecule has 0 fully saturated rings. The maximum Gasteiger partial charge on any atom is 0.300 e. The Balaban J connectivity index is 0. The molecule has 0 aromatic rings. The highest BCUT2D eigenvalue weighted by Gasteiger charge is 1.98. The van der Waals surface area contributed by atoms with E-state index in [-0.39, 0.29) is 0 Å². The van der Waals surface area contributed by atoms with Gasteiger partial charge in [0.25, 0.3) is 5.97 Å². The van der Waals surface area contributed by atoms with Crippen molar-refractivity contribution in [2.45, 2.75) is 47.0 Å². The second kappa shape index (κ2) is 11.0. The molecular formula is C12H22O3. The van der Waals surface area contributed by atoms with Crippen LogP contribution in [0.5, 0.6) is 0 Å². The van der Waals surface area contributed by atoms with Crippen LogP contribution in [-0.2, 0) is 9.59 Å². The number of hydrogen-bond donors (Lipinski definition) is 1. The fraction of sp³-hybridized carbons (Fsp3) is 0.667. The Morgan fingerprint density at radius 1 is 1.33 bits per heavy atom. The molecule has 0 bridgehead atoms. The highest BCUT2D eigenvalue weighted by Crippen LogP contribution is 2.09. The summed E-state index contributed by atoms with van der Waals surface area (Å²) in [4.78, 5) is 19.1. The zero-order valence-corrected chi connectivity index (χ0v) is 10.1. The quantitative estimate of drug-likeness (QED) is 0.565. The Hall–Kier alpha value is -1.12. The van der Waals surface area contributed by atoms with Crippen LogP contribution in [-0.4, -0.2) is 17.4 Å². The standard InChI is InChI=1S/C10H18O.C2H4O2/c1-9(2)5-4-6-10(3)7-8-11;1-2(3)4/h5,8,10H,4,6-7H2,1-3H3;1H3,(H,3,4). The average molecular weight is 214 g/mol. The number of hydrogen-bond acceptors (Lipinski definition) is 2. The first kappa shape index (κ1) is 16.3. The zero-order valence-electron chi connectivity index (χ0n) is 10.1. The lowest BCUT2D eigenvalue weighted by atomic mass is 10.0. The minimum absolute atomic E-state index is 0.545. The Labute approximate surface area is 92.2 Å². The van der Waals surface area contributed by atoms with Crippen LogP contribution in [0.2, 0.25) is 0 Å². The Morgan fingerprint density at radius 2 is 1.80 bits per heavy atom. The maximum absolute atomic E-state index is 10.1. The van der Waals surface area contributed by atoms with Gasteiger partial charge in [0.15, 0.2) is 0 Å². The fourth-order valence-corrected chi connectivity index (χ4v) is 0.939. The predicted octanol–water partition coefficient (Wildman–Crippen LogP) is 3.05. The first-order chi connectivity index (χ1) is 6.90. The van der Waals surface area contributed by atoms with Crippen molar-refractivity contribution in [2.24, 2.45) is 5.92 Å². The summed E-state index contributed by atoms with van der Waals surface area (Å²) in [6, 6.07) is 0. The Bertz CT molecular complexity index is 199. The van der Waals surface area contributed by atoms with E-state index >= 15 is 0 Å². The molecule has 3 nitrogen and oxygen atoms in total. The molecule has 1 atom stereocenters. The Morgan fingerprint density at radius 3 is 2.13 bits per heavy atom. The summed E-state index contributed by atoms with van der Waals surface area (Å²) in [6.07, 6.45) is 6.17. The number of aliphatic carboxylic acids is 1. The highest BCUT2D eigenvalue weighted by molar-refractivity contribution is 5.62. The van der Waals surface area contributed by atoms with Crippen molar-refractivity contribution in [3.63, 3.8) is 0 Å². The molecule has 0 spiro atoms. The van der Waals surface area contributed by atoms with Gasteiger partial charge in [-0.05, 0) is 32.6 Å². The van der Waals surface area contributed by atoms with Crippen LogP contribution in [0.1, 0.15) is 47.0 Å². The van der Waals surface area contributed by atoms with E-state index in [1.807, 2.05) is 0 Å². The minimum atomic E-state index is -0.833. The molecule has 0 radical (unpaired) electrons. The van der Waals surface area contributed by atoms with E-state index in [4.69, 9.17) is 9.90 Å². The summed E-state index contributed by atoms with van der Waals surface area (Å²) >= 11 is 0. The number of allylic oxidation sites excluding steroid dienone is 2. The number of carboxylic acid groups (broad SMARTS) is 1. The molecular weight excluding hydrogens is 192 g/mol. The van der Waals surface area contributed by atoms with Crippen LogP contribution in [0.15, 0.2) is 11.6 Å². The van der Waals surface area contributed by atoms with Gasteiger partial charge in [0.05, 0.1) is 0 Å². The third kappa shape index (κ3) is 24.6. The van der Waals surface area contributed by atoms with Crippen LogP contribution in [0, 0.1) is 5.92 Å². The van der Waals surface area contributed by atoms with Crippen molar-refractivity contribution < 1.29 is 14.7 Å². The molecule has 0 aliphatic carbocycles. The molecule has 0 aromatic heterocycles. The number of aldehydes is 1. The zero-order chi connectivity index (χ0) is 12.3. The summed E-state index contributed by atoms with van der Waals surface area (Å²) in [6.45, 7) is 7.40. The third-order valence-electron chi connectivity index (χ3n) is 1.71. The van der Waals surface area contributed by atoms with E-state index in [0.29, 0.717) is 12.3 Å². The van der Waals surface area contributed by atoms with Gasteiger partial charge in [-0.1, -0.05) is 18.6 Å². The second-order valence-corrected chi connectivity index (χ2v) is 3.89. The molecule has 3 heteroatoms. The fourth-order valence-electron chi connectivity index (χ4n) is 0.939. The third-order valence-corrected chi connectivity index (χ3v) is 1.71. The van der Waals surface area contributed by atoms with Crippen LogP contribution in [0.3, 0.4) is 0 Å². The predicted molar refractivity (Wildman–Crippen MR) is 61.8 cm³/mol. The summed E-state index contributed by atoms with van der Waals surface area (Å²) < 4.78 is 0. The molecule has 0 aliphatic heterocycles. The molecule has 1 N–H and O–H groups in total. The smallest absolute Gasteiger partial charge is 0.300 e. The van der Waals surface area contributed by atoms with Gasteiger partial charge in [0.2, 0.25) is 0 Å². The van der Waals surface area contributed by atoms with E-state index in [2.05, 4.69) is 26.8 Å². The van der Waals surface area contributed by atoms with Crippen molar-refractivity contribution >= 4 is 12.3 Å². The van der Waals surface area contributed by atoms with Gasteiger partial charge < -0.3 is 9.90 Å². The molecule has 0 aromatic carbocycles. The maximum atomic E-state index is 10.1. The summed E-state index contributed by atoms with van der Waals surface area (Å²) in [5.74, 6) is -0.289. The lowest BCUT2D eigenvalue weighted by Crippen LogP contribution is -1.93. The molecule has 1 unspecified atom stereocenters. The van der Waals surface area contributed by atoms with Gasteiger partial charge in [-0.25, -0.2) is 0 Å². The topological polar surface area (TPSA) is 54.4 Å². The average Bonchev–Trinajstić information content (AvgIpc) is 2.02. The molecule has 0 heterocycles. The van der Waals surface area contributed by atoms with Gasteiger partial charge >= 0.3 is 0 Å². The van der Waals surface area contributed by atoms with Gasteiger partial charge in [0.1, 0.15) is 6.29 Å². The van der Waals surface area contributed by atoms with Gasteiger partial charge in [-0.3, -0.25) is 4.79 Å². The summed E-state index contributed by atoms with van der Waals surface area (Å²) in [5, 5.41) is 7.42. The normalized spacial score (nSPS) is 10.7. The molecule has 0 rings (SSSR count). The second-order valence-electron chi connectivity index (χ2n) is 3.89. The van der Waals surface area contributed by atoms with Crippen molar-refractivity contribution in [3.8, 4) is 0 Å². The van der Waals surface area contributed by atoms with Crippen LogP contribution in [0.25, 0.3) is 0 Å². The van der Waals surface area contributed by atoms with E-state index < -0.39 is 5.97 Å². The lowest BCUT2D eigenvalue weighted by Gasteiger charge is -2.03. The SMILES string of the molecule is CC(=O)O.CC(C)=CCCC(C)CC=O. The van der Waals surface area contributed by atoms with E-state index in [9.17, 15) is 4.79 Å². The lowest BCUT2D eigenvalue weighted by molar-refractivity contribution is -0.134. The van der Waals surface area contributed by atoms with Crippen LogP contribution < -0.4 is 0 Å². The number of carbonyl (C=O) groups is 2. The molecule has 15 heavy (non-hydrogen) atoms. The molecule has 88 valence electrons. The molecule has 0 amide bonds. The van der Waals surface area contributed by atoms with Crippen molar-refractivity contribution in [1.82, 2.24) is 0 Å². The number of rotatable bonds is 5. The number of carbonyl (C=O) groups excluding carboxylic acids is 1. The molecule has 0 saturated heterocycles. The largest absolute Gasteiger partial charge is 0.481 e. The summed E-state index contributed by atoms with van der Waals surface area (Å²) in [5.41, 5.74) is 1.36.